The Morgan fingerprint density at radius 2 is 1.89 bits per heavy atom. The Hall–Kier alpha value is -1.30. The fourth-order valence-electron chi connectivity index (χ4n) is 0.774. The van der Waals surface area contributed by atoms with Gasteiger partial charge in [-0.15, -0.1) is 0 Å². The van der Waals surface area contributed by atoms with Crippen molar-refractivity contribution in [2.75, 3.05) is 14.1 Å². The van der Waals surface area contributed by atoms with Crippen LogP contribution in [-0.4, -0.2) is 42.8 Å². The number of carbonyl (C=O) groups is 2. The molecule has 0 aromatic rings. The number of amides is 1. The Labute approximate surface area is 111 Å². The molecule has 0 fully saturated rings. The highest BCUT2D eigenvalue weighted by atomic mass is 17.2. The van der Waals surface area contributed by atoms with Gasteiger partial charge in [0, 0.05) is 16.8 Å². The molecule has 1 amide bonds. The average molecular weight is 263 g/mol. The molecular weight excluding hydrogens is 238 g/mol. The molecule has 6 heteroatoms. The molecular formula is C12H23NO5. The summed E-state index contributed by atoms with van der Waals surface area (Å²) in [5, 5.41) is 0. The van der Waals surface area contributed by atoms with Crippen LogP contribution in [0.1, 0.15) is 43.2 Å². The van der Waals surface area contributed by atoms with Gasteiger partial charge in [-0.25, -0.2) is 9.59 Å². The number of carbonyl (C=O) groups excluding carboxylic acids is 2. The van der Waals surface area contributed by atoms with Crippen LogP contribution in [0.4, 0.5) is 4.79 Å². The van der Waals surface area contributed by atoms with Crippen LogP contribution in [0.2, 0.25) is 0 Å². The van der Waals surface area contributed by atoms with Crippen LogP contribution in [0, 0.1) is 0 Å². The standard InChI is InChI=1S/C12H23NO5/c1-7-8-9(16-11(15)13(5)6)10(14)17-18-12(2,3)4/h9H,7-8H2,1-6H3/i8D2. The zero-order valence-electron chi connectivity index (χ0n) is 13.8. The second-order valence-corrected chi connectivity index (χ2v) is 4.81. The molecule has 0 saturated carbocycles. The molecule has 0 saturated heterocycles. The quantitative estimate of drug-likeness (QED) is 0.561. The lowest BCUT2D eigenvalue weighted by molar-refractivity contribution is -0.324. The molecule has 0 spiro atoms. The number of rotatable bonds is 5. The second kappa shape index (κ2) is 7.20. The van der Waals surface area contributed by atoms with Crippen LogP contribution < -0.4 is 0 Å². The van der Waals surface area contributed by atoms with Crippen LogP contribution >= 0.6 is 0 Å². The van der Waals surface area contributed by atoms with E-state index < -0.39 is 30.1 Å². The van der Waals surface area contributed by atoms with Crippen molar-refractivity contribution >= 4 is 12.1 Å². The van der Waals surface area contributed by atoms with Gasteiger partial charge in [0.1, 0.15) is 5.60 Å². The molecule has 1 atom stereocenters. The van der Waals surface area contributed by atoms with Crippen LogP contribution in [0.15, 0.2) is 0 Å². The summed E-state index contributed by atoms with van der Waals surface area (Å²) < 4.78 is 20.3. The minimum atomic E-state index is -2.05. The molecule has 0 rings (SSSR count). The maximum atomic E-state index is 11.9. The molecule has 1 unspecified atom stereocenters. The molecule has 18 heavy (non-hydrogen) atoms. The SMILES string of the molecule is [2H]C([2H])(CC)C(OC(=O)N(C)C)C(=O)OOC(C)(C)C. The van der Waals surface area contributed by atoms with Crippen molar-refractivity contribution in [2.24, 2.45) is 0 Å². The van der Waals surface area contributed by atoms with E-state index in [9.17, 15) is 9.59 Å². The lowest BCUT2D eigenvalue weighted by atomic mass is 10.2. The van der Waals surface area contributed by atoms with E-state index in [-0.39, 0.29) is 6.42 Å². The molecule has 0 aromatic heterocycles. The second-order valence-electron chi connectivity index (χ2n) is 4.81. The molecule has 0 aliphatic rings. The highest BCUT2D eigenvalue weighted by molar-refractivity contribution is 5.78. The Bertz CT molecular complexity index is 352. The minimum Gasteiger partial charge on any atom is -0.434 e. The first-order valence-corrected chi connectivity index (χ1v) is 5.68. The maximum absolute atomic E-state index is 11.9. The predicted molar refractivity (Wildman–Crippen MR) is 65.8 cm³/mol. The molecule has 0 aromatic carbocycles. The Morgan fingerprint density at radius 1 is 1.33 bits per heavy atom. The summed E-state index contributed by atoms with van der Waals surface area (Å²) in [5.41, 5.74) is -0.745. The smallest absolute Gasteiger partial charge is 0.410 e. The van der Waals surface area contributed by atoms with Crippen molar-refractivity contribution < 1.29 is 26.8 Å². The lowest BCUT2D eigenvalue weighted by Crippen LogP contribution is -2.35. The van der Waals surface area contributed by atoms with Gasteiger partial charge in [0.25, 0.3) is 0 Å². The fraction of sp³-hybridized carbons (Fsp3) is 0.833. The normalized spacial score (nSPS) is 15.2. The van der Waals surface area contributed by atoms with E-state index >= 15 is 0 Å². The van der Waals surface area contributed by atoms with E-state index in [4.69, 9.17) is 12.4 Å². The van der Waals surface area contributed by atoms with E-state index in [0.717, 1.165) is 4.90 Å². The van der Waals surface area contributed by atoms with Crippen molar-refractivity contribution in [2.45, 2.75) is 52.2 Å². The van der Waals surface area contributed by atoms with Crippen molar-refractivity contribution in [1.82, 2.24) is 4.90 Å². The van der Waals surface area contributed by atoms with Crippen LogP contribution in [0.5, 0.6) is 0 Å². The fourth-order valence-corrected chi connectivity index (χ4v) is 0.774. The van der Waals surface area contributed by atoms with E-state index in [0.29, 0.717) is 0 Å². The van der Waals surface area contributed by atoms with E-state index in [1.54, 1.807) is 20.8 Å². The summed E-state index contributed by atoms with van der Waals surface area (Å²) >= 11 is 0. The maximum Gasteiger partial charge on any atom is 0.410 e. The summed E-state index contributed by atoms with van der Waals surface area (Å²) in [4.78, 5) is 33.9. The molecule has 0 radical (unpaired) electrons. The van der Waals surface area contributed by atoms with E-state index in [2.05, 4.69) is 4.89 Å². The summed E-state index contributed by atoms with van der Waals surface area (Å²) in [5.74, 6) is -1.08. The van der Waals surface area contributed by atoms with Gasteiger partial charge >= 0.3 is 12.1 Å². The third-order valence-electron chi connectivity index (χ3n) is 1.56. The summed E-state index contributed by atoms with van der Waals surface area (Å²) in [6.45, 7) is 6.52. The van der Waals surface area contributed by atoms with Gasteiger partial charge in [-0.2, -0.15) is 4.89 Å². The van der Waals surface area contributed by atoms with Crippen LogP contribution in [-0.2, 0) is 19.3 Å². The topological polar surface area (TPSA) is 65.1 Å². The summed E-state index contributed by atoms with van der Waals surface area (Å²) in [6.07, 6.45) is -4.60. The predicted octanol–water partition coefficient (Wildman–Crippen LogP) is 2.13. The number of nitrogens with zero attached hydrogens (tertiary/aromatic N) is 1. The third-order valence-corrected chi connectivity index (χ3v) is 1.56. The molecule has 0 aliphatic heterocycles. The van der Waals surface area contributed by atoms with Gasteiger partial charge in [-0.1, -0.05) is 13.3 Å². The number of hydrogen-bond donors (Lipinski definition) is 0. The van der Waals surface area contributed by atoms with Gasteiger partial charge < -0.3 is 9.64 Å². The number of hydrogen-bond acceptors (Lipinski definition) is 5. The van der Waals surface area contributed by atoms with E-state index in [1.807, 2.05) is 0 Å². The van der Waals surface area contributed by atoms with Crippen molar-refractivity contribution in [3.63, 3.8) is 0 Å². The average Bonchev–Trinajstić information content (AvgIpc) is 2.31. The van der Waals surface area contributed by atoms with Gasteiger partial charge in [-0.3, -0.25) is 4.89 Å². The van der Waals surface area contributed by atoms with Gasteiger partial charge in [0.2, 0.25) is 6.10 Å². The molecule has 0 aliphatic carbocycles. The van der Waals surface area contributed by atoms with E-state index in [1.165, 1.54) is 21.0 Å². The van der Waals surface area contributed by atoms with Crippen LogP contribution in [0.25, 0.3) is 0 Å². The lowest BCUT2D eigenvalue weighted by Gasteiger charge is -2.21. The molecule has 6 nitrogen and oxygen atoms in total. The molecule has 106 valence electrons. The minimum absolute atomic E-state index is 0.0248. The van der Waals surface area contributed by atoms with Gasteiger partial charge in [-0.05, 0) is 27.1 Å². The monoisotopic (exact) mass is 263 g/mol. The number of ether oxygens (including phenoxy) is 1. The first kappa shape index (κ1) is 13.1. The largest absolute Gasteiger partial charge is 0.434 e. The van der Waals surface area contributed by atoms with Crippen LogP contribution in [0.3, 0.4) is 0 Å². The molecule has 0 N–H and O–H groups in total. The molecule has 0 heterocycles. The Morgan fingerprint density at radius 3 is 2.28 bits per heavy atom. The zero-order valence-corrected chi connectivity index (χ0v) is 11.8. The summed E-state index contributed by atoms with van der Waals surface area (Å²) in [6, 6.07) is 0. The zero-order chi connectivity index (χ0) is 16.1. The first-order valence-electron chi connectivity index (χ1n) is 6.68. The van der Waals surface area contributed by atoms with Crippen molar-refractivity contribution in [1.29, 1.82) is 0 Å². The highest BCUT2D eigenvalue weighted by Crippen LogP contribution is 2.11. The van der Waals surface area contributed by atoms with Crippen molar-refractivity contribution in [3.8, 4) is 0 Å². The third kappa shape index (κ3) is 7.11. The van der Waals surface area contributed by atoms with Gasteiger partial charge in [0.15, 0.2) is 0 Å². The molecule has 0 bridgehead atoms. The first-order chi connectivity index (χ1) is 8.90. The highest BCUT2D eigenvalue weighted by Gasteiger charge is 2.27. The Balaban J connectivity index is 4.94. The van der Waals surface area contributed by atoms with Crippen molar-refractivity contribution in [3.05, 3.63) is 0 Å². The summed E-state index contributed by atoms with van der Waals surface area (Å²) in [7, 11) is 2.86. The van der Waals surface area contributed by atoms with Gasteiger partial charge in [0.05, 0.1) is 0 Å². The Kier molecular flexibility index (Phi) is 5.26.